The Morgan fingerprint density at radius 3 is 2.06 bits per heavy atom. The van der Waals surface area contributed by atoms with Crippen LogP contribution in [-0.4, -0.2) is 6.54 Å². The van der Waals surface area contributed by atoms with Gasteiger partial charge in [-0.1, -0.05) is 38.1 Å². The van der Waals surface area contributed by atoms with E-state index in [1.807, 2.05) is 6.92 Å². The summed E-state index contributed by atoms with van der Waals surface area (Å²) in [4.78, 5) is 0. The van der Waals surface area contributed by atoms with Gasteiger partial charge in [0.25, 0.3) is 0 Å². The summed E-state index contributed by atoms with van der Waals surface area (Å²) in [5.41, 5.74) is 2.64. The minimum Gasteiger partial charge on any atom is -0.309 e. The van der Waals surface area contributed by atoms with Crippen LogP contribution in [-0.2, 0) is 0 Å². The van der Waals surface area contributed by atoms with Gasteiger partial charge in [0.2, 0.25) is 0 Å². The predicted molar refractivity (Wildman–Crippen MR) is 71.7 cm³/mol. The van der Waals surface area contributed by atoms with Crippen LogP contribution in [0, 0.1) is 17.2 Å². The third-order valence-electron chi connectivity index (χ3n) is 3.05. The van der Waals surface area contributed by atoms with Crippen molar-refractivity contribution in [2.45, 2.75) is 39.7 Å². The average molecular weight is 230 g/mol. The van der Waals surface area contributed by atoms with Crippen LogP contribution in [0.25, 0.3) is 0 Å². The Kier molecular flexibility index (Phi) is 5.18. The second-order valence-electron chi connectivity index (χ2n) is 4.98. The summed E-state index contributed by atoms with van der Waals surface area (Å²) >= 11 is 0. The van der Waals surface area contributed by atoms with Crippen LogP contribution in [0.15, 0.2) is 24.3 Å². The molecule has 0 aliphatic rings. The summed E-state index contributed by atoms with van der Waals surface area (Å²) in [7, 11) is 0. The van der Waals surface area contributed by atoms with Crippen LogP contribution in [0.5, 0.6) is 0 Å². The van der Waals surface area contributed by atoms with Crippen molar-refractivity contribution in [3.05, 3.63) is 35.4 Å². The molecule has 1 aromatic rings. The highest BCUT2D eigenvalue weighted by Gasteiger charge is 2.07. The van der Waals surface area contributed by atoms with Crippen molar-refractivity contribution < 1.29 is 0 Å². The maximum Gasteiger partial charge on any atom is 0.0666 e. The summed E-state index contributed by atoms with van der Waals surface area (Å²) in [5.74, 6) is 0.637. The molecule has 2 atom stereocenters. The van der Waals surface area contributed by atoms with Crippen molar-refractivity contribution in [1.82, 2.24) is 5.32 Å². The summed E-state index contributed by atoms with van der Waals surface area (Å²) in [6.45, 7) is 9.20. The first kappa shape index (κ1) is 13.7. The molecule has 0 aliphatic carbocycles. The molecule has 0 radical (unpaired) electrons. The van der Waals surface area contributed by atoms with Gasteiger partial charge in [0.1, 0.15) is 0 Å². The zero-order valence-corrected chi connectivity index (χ0v) is 11.2. The number of rotatable bonds is 5. The molecule has 1 aromatic carbocycles. The first-order valence-corrected chi connectivity index (χ1v) is 6.27. The van der Waals surface area contributed by atoms with Crippen LogP contribution in [0.3, 0.4) is 0 Å². The van der Waals surface area contributed by atoms with Crippen molar-refractivity contribution in [2.75, 3.05) is 6.54 Å². The summed E-state index contributed by atoms with van der Waals surface area (Å²) in [6, 6.07) is 11.2. The highest BCUT2D eigenvalue weighted by molar-refractivity contribution is 5.26. The molecule has 0 amide bonds. The van der Waals surface area contributed by atoms with E-state index < -0.39 is 0 Å². The Morgan fingerprint density at radius 1 is 1.06 bits per heavy atom. The lowest BCUT2D eigenvalue weighted by atomic mass is 9.99. The fraction of sp³-hybridized carbons (Fsp3) is 0.533. The zero-order valence-electron chi connectivity index (χ0n) is 11.2. The third kappa shape index (κ3) is 4.20. The largest absolute Gasteiger partial charge is 0.309 e. The van der Waals surface area contributed by atoms with Gasteiger partial charge >= 0.3 is 0 Å². The summed E-state index contributed by atoms with van der Waals surface area (Å²) in [6.07, 6.45) is 0. The molecule has 0 unspecified atom stereocenters. The van der Waals surface area contributed by atoms with Gasteiger partial charge in [-0.15, -0.1) is 0 Å². The molecule has 0 saturated carbocycles. The molecule has 1 N–H and O–H groups in total. The molecule has 17 heavy (non-hydrogen) atoms. The molecule has 0 fully saturated rings. The van der Waals surface area contributed by atoms with E-state index in [9.17, 15) is 0 Å². The van der Waals surface area contributed by atoms with Gasteiger partial charge in [-0.3, -0.25) is 0 Å². The minimum absolute atomic E-state index is 0.0624. The van der Waals surface area contributed by atoms with E-state index in [4.69, 9.17) is 5.26 Å². The van der Waals surface area contributed by atoms with Crippen LogP contribution in [0.2, 0.25) is 0 Å². The van der Waals surface area contributed by atoms with E-state index in [1.165, 1.54) is 11.1 Å². The minimum atomic E-state index is 0.0624. The summed E-state index contributed by atoms with van der Waals surface area (Å²) < 4.78 is 0. The maximum absolute atomic E-state index is 8.73. The standard InChI is InChI=1S/C15H22N2/c1-11(2)14-5-7-15(8-6-14)13(4)17-10-12(3)9-16/h5-8,11-13,17H,10H2,1-4H3/t12-,13+/m1/s1. The maximum atomic E-state index is 8.73. The molecular formula is C15H22N2. The van der Waals surface area contributed by atoms with E-state index in [0.717, 1.165) is 6.54 Å². The molecule has 2 nitrogen and oxygen atoms in total. The molecule has 0 spiro atoms. The van der Waals surface area contributed by atoms with Crippen LogP contribution < -0.4 is 5.32 Å². The lowest BCUT2D eigenvalue weighted by Gasteiger charge is -2.16. The second kappa shape index (κ2) is 6.42. The highest BCUT2D eigenvalue weighted by atomic mass is 14.9. The van der Waals surface area contributed by atoms with Crippen molar-refractivity contribution in [3.63, 3.8) is 0 Å². The van der Waals surface area contributed by atoms with E-state index in [1.54, 1.807) is 0 Å². The number of hydrogen-bond donors (Lipinski definition) is 1. The molecule has 0 saturated heterocycles. The van der Waals surface area contributed by atoms with Gasteiger partial charge in [-0.05, 0) is 30.9 Å². The number of hydrogen-bond acceptors (Lipinski definition) is 2. The van der Waals surface area contributed by atoms with Gasteiger partial charge in [-0.25, -0.2) is 0 Å². The SMILES string of the molecule is CC(C)c1ccc([C@H](C)NC[C@H](C)C#N)cc1. The fourth-order valence-corrected chi connectivity index (χ4v) is 1.69. The van der Waals surface area contributed by atoms with E-state index in [-0.39, 0.29) is 5.92 Å². The number of nitrogens with zero attached hydrogens (tertiary/aromatic N) is 1. The molecule has 0 aromatic heterocycles. The van der Waals surface area contributed by atoms with Crippen LogP contribution in [0.4, 0.5) is 0 Å². The lowest BCUT2D eigenvalue weighted by molar-refractivity contribution is 0.527. The van der Waals surface area contributed by atoms with Crippen molar-refractivity contribution >= 4 is 0 Å². The fourth-order valence-electron chi connectivity index (χ4n) is 1.69. The molecule has 1 rings (SSSR count). The predicted octanol–water partition coefficient (Wildman–Crippen LogP) is 3.62. The zero-order chi connectivity index (χ0) is 12.8. The summed E-state index contributed by atoms with van der Waals surface area (Å²) in [5, 5.41) is 12.1. The van der Waals surface area contributed by atoms with Crippen LogP contribution >= 0.6 is 0 Å². The molecule has 92 valence electrons. The normalized spacial score (nSPS) is 14.4. The Balaban J connectivity index is 2.58. The first-order chi connectivity index (χ1) is 8.04. The number of nitrogens with one attached hydrogen (secondary N) is 1. The van der Waals surface area contributed by atoms with E-state index >= 15 is 0 Å². The van der Waals surface area contributed by atoms with E-state index in [0.29, 0.717) is 12.0 Å². The van der Waals surface area contributed by atoms with Gasteiger partial charge in [0.05, 0.1) is 12.0 Å². The topological polar surface area (TPSA) is 35.8 Å². The second-order valence-corrected chi connectivity index (χ2v) is 4.98. The number of benzene rings is 1. The smallest absolute Gasteiger partial charge is 0.0666 e. The van der Waals surface area contributed by atoms with Gasteiger partial charge in [0, 0.05) is 12.6 Å². The Morgan fingerprint density at radius 2 is 1.59 bits per heavy atom. The first-order valence-electron chi connectivity index (χ1n) is 6.27. The molecular weight excluding hydrogens is 208 g/mol. The average Bonchev–Trinajstić information content (AvgIpc) is 2.35. The van der Waals surface area contributed by atoms with E-state index in [2.05, 4.69) is 56.4 Å². The quantitative estimate of drug-likeness (QED) is 0.838. The van der Waals surface area contributed by atoms with Gasteiger partial charge < -0.3 is 5.32 Å². The van der Waals surface area contributed by atoms with Gasteiger partial charge in [-0.2, -0.15) is 5.26 Å². The van der Waals surface area contributed by atoms with Crippen molar-refractivity contribution in [3.8, 4) is 6.07 Å². The Bertz CT molecular complexity index is 373. The third-order valence-corrected chi connectivity index (χ3v) is 3.05. The molecule has 0 heterocycles. The Labute approximate surface area is 105 Å². The van der Waals surface area contributed by atoms with Crippen molar-refractivity contribution in [2.24, 2.45) is 5.92 Å². The molecule has 0 bridgehead atoms. The lowest BCUT2D eigenvalue weighted by Crippen LogP contribution is -2.23. The highest BCUT2D eigenvalue weighted by Crippen LogP contribution is 2.18. The van der Waals surface area contributed by atoms with Crippen LogP contribution in [0.1, 0.15) is 50.8 Å². The Hall–Kier alpha value is -1.33. The van der Waals surface area contributed by atoms with Crippen molar-refractivity contribution in [1.29, 1.82) is 5.26 Å². The molecule has 2 heteroatoms. The van der Waals surface area contributed by atoms with Gasteiger partial charge in [0.15, 0.2) is 0 Å². The number of nitriles is 1. The monoisotopic (exact) mass is 230 g/mol. The molecule has 0 aliphatic heterocycles.